The van der Waals surface area contributed by atoms with Crippen LogP contribution in [0.3, 0.4) is 0 Å². The minimum Gasteiger partial charge on any atom is -0.327 e. The zero-order valence-electron chi connectivity index (χ0n) is 19.3. The number of carbonyl (C=O) groups excluding carboxylic acids is 1. The number of halogens is 2. The summed E-state index contributed by atoms with van der Waals surface area (Å²) in [6.45, 7) is 0. The molecule has 6 rings (SSSR count). The lowest BCUT2D eigenvalue weighted by atomic mass is 9.81. The second-order valence-corrected chi connectivity index (χ2v) is 9.34. The highest BCUT2D eigenvalue weighted by molar-refractivity contribution is 6.01. The average molecular weight is 489 g/mol. The van der Waals surface area contributed by atoms with Gasteiger partial charge in [-0.15, -0.1) is 0 Å². The van der Waals surface area contributed by atoms with Gasteiger partial charge >= 0.3 is 0 Å². The lowest BCUT2D eigenvalue weighted by Crippen LogP contribution is -2.49. The van der Waals surface area contributed by atoms with Gasteiger partial charge in [-0.05, 0) is 49.9 Å². The van der Waals surface area contributed by atoms with E-state index in [9.17, 15) is 23.7 Å². The molecule has 0 spiro atoms. The number of benzene rings is 2. The second kappa shape index (κ2) is 8.18. The van der Waals surface area contributed by atoms with Crippen LogP contribution in [-0.2, 0) is 13.5 Å². The molecule has 2 unspecified atom stereocenters. The summed E-state index contributed by atoms with van der Waals surface area (Å²) in [5.74, 6) is -1.63. The first-order chi connectivity index (χ1) is 17.3. The van der Waals surface area contributed by atoms with E-state index < -0.39 is 16.6 Å². The highest BCUT2D eigenvalue weighted by atomic mass is 19.1. The second-order valence-electron chi connectivity index (χ2n) is 9.34. The molecule has 10 heteroatoms. The van der Waals surface area contributed by atoms with Crippen LogP contribution >= 0.6 is 0 Å². The van der Waals surface area contributed by atoms with Crippen molar-refractivity contribution in [2.45, 2.75) is 37.8 Å². The van der Waals surface area contributed by atoms with Crippen molar-refractivity contribution in [1.82, 2.24) is 19.7 Å². The number of rotatable bonds is 3. The van der Waals surface area contributed by atoms with E-state index in [2.05, 4.69) is 10.1 Å². The van der Waals surface area contributed by atoms with E-state index >= 15 is 0 Å². The Morgan fingerprint density at radius 2 is 1.92 bits per heavy atom. The molecule has 2 aliphatic heterocycles. The Bertz CT molecular complexity index is 1550. The van der Waals surface area contributed by atoms with E-state index in [0.717, 1.165) is 24.5 Å². The molecule has 2 atom stereocenters. The summed E-state index contributed by atoms with van der Waals surface area (Å²) in [4.78, 5) is 31.0. The van der Waals surface area contributed by atoms with Crippen LogP contribution in [0.5, 0.6) is 0 Å². The van der Waals surface area contributed by atoms with E-state index in [1.54, 1.807) is 34.8 Å². The van der Waals surface area contributed by atoms with Gasteiger partial charge in [0.05, 0.1) is 22.4 Å². The molecular weight excluding hydrogens is 468 g/mol. The number of carbonyl (C=O) groups is 1. The number of aryl methyl sites for hydroxylation is 1. The standard InChI is InChI=1S/C26H21F2N5O3/c1-31-25(15-9-17(27)12-18(28)10-15)20-13-19-5-2-6-21(24(20)30-31)32(19)26(34)16-8-14-4-3-7-29-23(14)22(11-16)33(35)36/h3-4,7-12,19,21H,2,5-6,13H2,1H3. The molecule has 2 aliphatic rings. The van der Waals surface area contributed by atoms with E-state index in [1.807, 2.05) is 0 Å². The number of piperidine rings is 1. The monoisotopic (exact) mass is 489 g/mol. The van der Waals surface area contributed by atoms with Gasteiger partial charge in [0.15, 0.2) is 0 Å². The predicted molar refractivity (Wildman–Crippen MR) is 127 cm³/mol. The van der Waals surface area contributed by atoms with Gasteiger partial charge in [-0.1, -0.05) is 6.07 Å². The van der Waals surface area contributed by atoms with Gasteiger partial charge in [0, 0.05) is 53.5 Å². The third-order valence-electron chi connectivity index (χ3n) is 7.17. The summed E-state index contributed by atoms with van der Waals surface area (Å²) in [5, 5.41) is 16.9. The van der Waals surface area contributed by atoms with Gasteiger partial charge in [-0.3, -0.25) is 19.6 Å². The average Bonchev–Trinajstić information content (AvgIpc) is 3.17. The summed E-state index contributed by atoms with van der Waals surface area (Å²) in [6.07, 6.45) is 4.30. The molecule has 2 aromatic carbocycles. The third kappa shape index (κ3) is 3.43. The van der Waals surface area contributed by atoms with Crippen LogP contribution in [0.15, 0.2) is 48.7 Å². The molecule has 8 nitrogen and oxygen atoms in total. The number of hydrogen-bond donors (Lipinski definition) is 0. The first-order valence-corrected chi connectivity index (χ1v) is 11.7. The number of nitrogens with zero attached hydrogens (tertiary/aromatic N) is 5. The Morgan fingerprint density at radius 1 is 1.14 bits per heavy atom. The summed E-state index contributed by atoms with van der Waals surface area (Å²) in [5.41, 5.74) is 2.88. The van der Waals surface area contributed by atoms with Crippen LogP contribution < -0.4 is 0 Å². The van der Waals surface area contributed by atoms with Gasteiger partial charge in [0.2, 0.25) is 0 Å². The molecule has 4 heterocycles. The van der Waals surface area contributed by atoms with Crippen LogP contribution in [0.25, 0.3) is 22.2 Å². The summed E-state index contributed by atoms with van der Waals surface area (Å²) < 4.78 is 29.6. The van der Waals surface area contributed by atoms with Crippen molar-refractivity contribution >= 4 is 22.5 Å². The zero-order chi connectivity index (χ0) is 25.1. The number of amides is 1. The van der Waals surface area contributed by atoms with Gasteiger partial charge in [-0.2, -0.15) is 5.10 Å². The normalized spacial score (nSPS) is 18.8. The Kier molecular flexibility index (Phi) is 5.06. The first-order valence-electron chi connectivity index (χ1n) is 11.7. The first kappa shape index (κ1) is 22.3. The Labute approximate surface area is 204 Å². The smallest absolute Gasteiger partial charge is 0.296 e. The molecular formula is C26H21F2N5O3. The molecule has 2 aromatic heterocycles. The maximum Gasteiger partial charge on any atom is 0.296 e. The fourth-order valence-corrected chi connectivity index (χ4v) is 5.79. The number of non-ortho nitro benzene ring substituents is 1. The fraction of sp³-hybridized carbons (Fsp3) is 0.269. The van der Waals surface area contributed by atoms with Gasteiger partial charge < -0.3 is 4.90 Å². The minimum absolute atomic E-state index is 0.159. The minimum atomic E-state index is -0.667. The molecule has 4 aromatic rings. The number of hydrogen-bond acceptors (Lipinski definition) is 5. The van der Waals surface area contributed by atoms with Crippen LogP contribution in [0.2, 0.25) is 0 Å². The number of fused-ring (bicyclic) bond motifs is 5. The lowest BCUT2D eigenvalue weighted by Gasteiger charge is -2.45. The van der Waals surface area contributed by atoms with E-state index in [4.69, 9.17) is 0 Å². The molecule has 1 saturated heterocycles. The molecule has 0 aliphatic carbocycles. The predicted octanol–water partition coefficient (Wildman–Crippen LogP) is 5.11. The van der Waals surface area contributed by atoms with Crippen LogP contribution in [0, 0.1) is 21.7 Å². The Hall–Kier alpha value is -4.21. The highest BCUT2D eigenvalue weighted by Crippen LogP contribution is 2.45. The maximum absolute atomic E-state index is 14.0. The van der Waals surface area contributed by atoms with Crippen molar-refractivity contribution in [3.8, 4) is 11.3 Å². The number of pyridine rings is 1. The highest BCUT2D eigenvalue weighted by Gasteiger charge is 2.44. The van der Waals surface area contributed by atoms with Crippen LogP contribution in [0.1, 0.15) is 46.9 Å². The third-order valence-corrected chi connectivity index (χ3v) is 7.17. The van der Waals surface area contributed by atoms with Crippen molar-refractivity contribution in [2.75, 3.05) is 0 Å². The Morgan fingerprint density at radius 3 is 2.67 bits per heavy atom. The SMILES string of the molecule is Cn1nc2c(c1-c1cc(F)cc(F)c1)CC1CCCC2N1C(=O)c1cc([N+](=O)[O-])c2ncccc2c1. The van der Waals surface area contributed by atoms with Crippen LogP contribution in [-0.4, -0.2) is 36.5 Å². The maximum atomic E-state index is 14.0. The van der Waals surface area contributed by atoms with Crippen molar-refractivity contribution in [2.24, 2.45) is 7.05 Å². The molecule has 1 fully saturated rings. The molecule has 0 saturated carbocycles. The summed E-state index contributed by atoms with van der Waals surface area (Å²) in [6, 6.07) is 9.23. The number of nitro benzene ring substituents is 1. The molecule has 0 radical (unpaired) electrons. The molecule has 182 valence electrons. The summed E-state index contributed by atoms with van der Waals surface area (Å²) >= 11 is 0. The summed E-state index contributed by atoms with van der Waals surface area (Å²) in [7, 11) is 1.73. The quantitative estimate of drug-likeness (QED) is 0.294. The molecule has 36 heavy (non-hydrogen) atoms. The zero-order valence-corrected chi connectivity index (χ0v) is 19.3. The largest absolute Gasteiger partial charge is 0.327 e. The van der Waals surface area contributed by atoms with Gasteiger partial charge in [-0.25, -0.2) is 13.8 Å². The Balaban J connectivity index is 1.45. The number of aromatic nitrogens is 3. The molecule has 1 amide bonds. The lowest BCUT2D eigenvalue weighted by molar-refractivity contribution is -0.383. The van der Waals surface area contributed by atoms with Crippen molar-refractivity contribution in [3.63, 3.8) is 0 Å². The number of nitro groups is 1. The fourth-order valence-electron chi connectivity index (χ4n) is 5.79. The van der Waals surface area contributed by atoms with Crippen molar-refractivity contribution in [3.05, 3.63) is 87.2 Å². The van der Waals surface area contributed by atoms with E-state index in [0.29, 0.717) is 35.2 Å². The van der Waals surface area contributed by atoms with Crippen LogP contribution in [0.4, 0.5) is 14.5 Å². The van der Waals surface area contributed by atoms with E-state index in [-0.39, 0.29) is 34.8 Å². The van der Waals surface area contributed by atoms with E-state index in [1.165, 1.54) is 24.4 Å². The topological polar surface area (TPSA) is 94.2 Å². The molecule has 2 bridgehead atoms. The molecule has 0 N–H and O–H groups in total. The van der Waals surface area contributed by atoms with Gasteiger partial charge in [0.25, 0.3) is 11.6 Å². The van der Waals surface area contributed by atoms with Crippen molar-refractivity contribution < 1.29 is 18.5 Å². The van der Waals surface area contributed by atoms with Crippen molar-refractivity contribution in [1.29, 1.82) is 0 Å². The van der Waals surface area contributed by atoms with Gasteiger partial charge in [0.1, 0.15) is 17.2 Å².